The lowest BCUT2D eigenvalue weighted by Crippen LogP contribution is -2.40. The van der Waals surface area contributed by atoms with E-state index in [1.54, 1.807) is 19.1 Å². The lowest BCUT2D eigenvalue weighted by Gasteiger charge is -2.14. The molecule has 1 aromatic rings. The van der Waals surface area contributed by atoms with Gasteiger partial charge in [0.05, 0.1) is 12.1 Å². The predicted octanol–water partition coefficient (Wildman–Crippen LogP) is 2.60. The average molecular weight is 409 g/mol. The van der Waals surface area contributed by atoms with Gasteiger partial charge in [-0.3, -0.25) is 10.1 Å². The van der Waals surface area contributed by atoms with Crippen LogP contribution >= 0.6 is 27.5 Å². The van der Waals surface area contributed by atoms with E-state index in [-0.39, 0.29) is 0 Å². The summed E-state index contributed by atoms with van der Waals surface area (Å²) in [6.45, 7) is 2.65. The van der Waals surface area contributed by atoms with Crippen LogP contribution in [0.25, 0.3) is 0 Å². The maximum atomic E-state index is 11.7. The summed E-state index contributed by atoms with van der Waals surface area (Å²) in [6.07, 6.45) is -2.11. The molecule has 23 heavy (non-hydrogen) atoms. The van der Waals surface area contributed by atoms with Crippen LogP contribution in [0.15, 0.2) is 16.6 Å². The molecule has 2 amide bonds. The van der Waals surface area contributed by atoms with Crippen molar-refractivity contribution >= 4 is 45.5 Å². The summed E-state index contributed by atoms with van der Waals surface area (Å²) in [5, 5.41) is 2.22. The van der Waals surface area contributed by atoms with Gasteiger partial charge < -0.3 is 14.2 Å². The minimum atomic E-state index is -1.17. The summed E-state index contributed by atoms with van der Waals surface area (Å²) in [7, 11) is 1.11. The number of esters is 1. The molecular formula is C14H15BrClNO6. The number of carbonyl (C=O) groups is 3. The highest BCUT2D eigenvalue weighted by atomic mass is 79.9. The normalized spacial score (nSPS) is 11.3. The van der Waals surface area contributed by atoms with E-state index in [2.05, 4.69) is 20.7 Å². The highest BCUT2D eigenvalue weighted by Crippen LogP contribution is 2.31. The van der Waals surface area contributed by atoms with Crippen molar-refractivity contribution in [3.63, 3.8) is 0 Å². The van der Waals surface area contributed by atoms with Crippen LogP contribution in [0.1, 0.15) is 12.5 Å². The van der Waals surface area contributed by atoms with Crippen LogP contribution in [0.4, 0.5) is 4.79 Å². The number of imide groups is 1. The SMILES string of the molecule is COC(=O)NC(=O)[C@H](C)OC(=O)COc1c(C)cc(Br)cc1Cl. The van der Waals surface area contributed by atoms with Crippen molar-refractivity contribution in [3.05, 3.63) is 27.2 Å². The first kappa shape index (κ1) is 19.2. The van der Waals surface area contributed by atoms with Gasteiger partial charge in [0.1, 0.15) is 5.75 Å². The number of rotatable bonds is 5. The molecule has 0 bridgehead atoms. The molecule has 0 saturated carbocycles. The molecule has 1 atom stereocenters. The molecule has 7 nitrogen and oxygen atoms in total. The van der Waals surface area contributed by atoms with E-state index < -0.39 is 30.7 Å². The Morgan fingerprint density at radius 1 is 1.35 bits per heavy atom. The molecule has 126 valence electrons. The molecule has 0 aliphatic carbocycles. The second kappa shape index (κ2) is 8.73. The lowest BCUT2D eigenvalue weighted by atomic mass is 10.2. The van der Waals surface area contributed by atoms with E-state index in [0.717, 1.165) is 17.1 Å². The van der Waals surface area contributed by atoms with Crippen molar-refractivity contribution in [1.82, 2.24) is 5.32 Å². The molecular weight excluding hydrogens is 394 g/mol. The van der Waals surface area contributed by atoms with Crippen molar-refractivity contribution in [2.24, 2.45) is 0 Å². The molecule has 0 heterocycles. The number of hydrogen-bond donors (Lipinski definition) is 1. The molecule has 1 aromatic carbocycles. The smallest absolute Gasteiger partial charge is 0.413 e. The highest BCUT2D eigenvalue weighted by molar-refractivity contribution is 9.10. The minimum Gasteiger partial charge on any atom is -0.480 e. The number of hydrogen-bond acceptors (Lipinski definition) is 6. The monoisotopic (exact) mass is 407 g/mol. The number of aryl methyl sites for hydroxylation is 1. The van der Waals surface area contributed by atoms with E-state index in [0.29, 0.717) is 10.8 Å². The molecule has 0 aromatic heterocycles. The maximum Gasteiger partial charge on any atom is 0.413 e. The summed E-state index contributed by atoms with van der Waals surface area (Å²) in [6, 6.07) is 3.40. The number of methoxy groups -OCH3 is 1. The minimum absolute atomic E-state index is 0.334. The molecule has 0 unspecified atom stereocenters. The van der Waals surface area contributed by atoms with Gasteiger partial charge in [0.15, 0.2) is 12.7 Å². The van der Waals surface area contributed by atoms with Gasteiger partial charge in [-0.15, -0.1) is 0 Å². The van der Waals surface area contributed by atoms with E-state index in [9.17, 15) is 14.4 Å². The molecule has 1 rings (SSSR count). The first-order valence-corrected chi connectivity index (χ1v) is 7.58. The van der Waals surface area contributed by atoms with Crippen molar-refractivity contribution in [2.75, 3.05) is 13.7 Å². The van der Waals surface area contributed by atoms with Crippen molar-refractivity contribution in [2.45, 2.75) is 20.0 Å². The molecule has 9 heteroatoms. The van der Waals surface area contributed by atoms with Crippen LogP contribution in [0.2, 0.25) is 5.02 Å². The third-order valence-corrected chi connectivity index (χ3v) is 3.36. The summed E-state index contributed by atoms with van der Waals surface area (Å²) in [5.41, 5.74) is 0.730. The quantitative estimate of drug-likeness (QED) is 0.753. The Balaban J connectivity index is 2.55. The van der Waals surface area contributed by atoms with E-state index in [1.807, 2.05) is 5.32 Å². The van der Waals surface area contributed by atoms with Crippen LogP contribution in [0.5, 0.6) is 5.75 Å². The zero-order valence-corrected chi connectivity index (χ0v) is 15.0. The first-order chi connectivity index (χ1) is 10.7. The van der Waals surface area contributed by atoms with Crippen LogP contribution in [0, 0.1) is 6.92 Å². The van der Waals surface area contributed by atoms with Crippen LogP contribution in [-0.4, -0.2) is 37.8 Å². The number of halogens is 2. The fourth-order valence-electron chi connectivity index (χ4n) is 1.54. The Morgan fingerprint density at radius 3 is 2.57 bits per heavy atom. The largest absolute Gasteiger partial charge is 0.480 e. The Bertz CT molecular complexity index is 598. The topological polar surface area (TPSA) is 90.9 Å². The fraction of sp³-hybridized carbons (Fsp3) is 0.357. The Labute approximate surface area is 146 Å². The summed E-state index contributed by atoms with van der Waals surface area (Å²) < 4.78 is 15.2. The van der Waals surface area contributed by atoms with Gasteiger partial charge in [-0.1, -0.05) is 27.5 Å². The number of carbonyl (C=O) groups excluding carboxylic acids is 3. The van der Waals surface area contributed by atoms with Gasteiger partial charge in [-0.25, -0.2) is 9.59 Å². The van der Waals surface area contributed by atoms with Crippen LogP contribution < -0.4 is 10.1 Å². The fourth-order valence-corrected chi connectivity index (χ4v) is 2.57. The van der Waals surface area contributed by atoms with E-state index >= 15 is 0 Å². The zero-order chi connectivity index (χ0) is 17.6. The number of amides is 2. The van der Waals surface area contributed by atoms with Gasteiger partial charge in [-0.05, 0) is 31.5 Å². The Kier molecular flexibility index (Phi) is 7.31. The molecule has 0 aliphatic rings. The first-order valence-electron chi connectivity index (χ1n) is 6.41. The maximum absolute atomic E-state index is 11.7. The molecule has 0 saturated heterocycles. The van der Waals surface area contributed by atoms with Crippen molar-refractivity contribution < 1.29 is 28.6 Å². The Hall–Kier alpha value is -1.80. The summed E-state index contributed by atoms with van der Waals surface area (Å²) in [4.78, 5) is 34.1. The van der Waals surface area contributed by atoms with Crippen LogP contribution in [-0.2, 0) is 19.1 Å². The van der Waals surface area contributed by atoms with Gasteiger partial charge in [0.2, 0.25) is 0 Å². The van der Waals surface area contributed by atoms with E-state index in [1.165, 1.54) is 6.92 Å². The zero-order valence-electron chi connectivity index (χ0n) is 12.6. The third kappa shape index (κ3) is 6.07. The summed E-state index contributed by atoms with van der Waals surface area (Å²) in [5.74, 6) is -1.24. The molecule has 1 N–H and O–H groups in total. The van der Waals surface area contributed by atoms with Gasteiger partial charge >= 0.3 is 12.1 Å². The number of alkyl carbamates (subject to hydrolysis) is 1. The van der Waals surface area contributed by atoms with Gasteiger partial charge in [0, 0.05) is 4.47 Å². The van der Waals surface area contributed by atoms with Crippen molar-refractivity contribution in [1.29, 1.82) is 0 Å². The van der Waals surface area contributed by atoms with Gasteiger partial charge in [0.25, 0.3) is 5.91 Å². The third-order valence-electron chi connectivity index (χ3n) is 2.62. The second-order valence-corrected chi connectivity index (χ2v) is 5.76. The average Bonchev–Trinajstić information content (AvgIpc) is 2.45. The number of nitrogens with one attached hydrogen (secondary N) is 1. The number of ether oxygens (including phenoxy) is 3. The lowest BCUT2D eigenvalue weighted by molar-refractivity contribution is -0.156. The van der Waals surface area contributed by atoms with Gasteiger partial charge in [-0.2, -0.15) is 0 Å². The highest BCUT2D eigenvalue weighted by Gasteiger charge is 2.21. The standard InChI is InChI=1S/C14H15BrClNO6/c1-7-4-9(15)5-10(16)12(7)22-6-11(18)23-8(2)13(19)17-14(20)21-3/h4-5,8H,6H2,1-3H3,(H,17,19,20)/t8-/m0/s1. The molecule has 0 radical (unpaired) electrons. The second-order valence-electron chi connectivity index (χ2n) is 4.44. The summed E-state index contributed by atoms with van der Waals surface area (Å²) >= 11 is 9.31. The molecule has 0 aliphatic heterocycles. The van der Waals surface area contributed by atoms with Crippen LogP contribution in [0.3, 0.4) is 0 Å². The molecule has 0 spiro atoms. The number of benzene rings is 1. The van der Waals surface area contributed by atoms with Crippen molar-refractivity contribution in [3.8, 4) is 5.75 Å². The predicted molar refractivity (Wildman–Crippen MR) is 85.5 cm³/mol. The molecule has 0 fully saturated rings. The van der Waals surface area contributed by atoms with E-state index in [4.69, 9.17) is 21.1 Å². The Morgan fingerprint density at radius 2 is 2.00 bits per heavy atom.